The Morgan fingerprint density at radius 3 is 2.31 bits per heavy atom. The third kappa shape index (κ3) is 3.54. The van der Waals surface area contributed by atoms with E-state index >= 15 is 0 Å². The number of anilines is 1. The molecule has 0 radical (unpaired) electrons. The van der Waals surface area contributed by atoms with Gasteiger partial charge in [0.2, 0.25) is 0 Å². The smallest absolute Gasteiger partial charge is 0.256 e. The minimum atomic E-state index is 0.115. The SMILES string of the molecule is CCn1c(-c2ccccc2)c(C(=O)N2CCN(c3ccc(C)cn3)CC2)c2ccccc21. The molecule has 1 aliphatic heterocycles. The molecule has 0 spiro atoms. The highest BCUT2D eigenvalue weighted by Gasteiger charge is 2.29. The summed E-state index contributed by atoms with van der Waals surface area (Å²) in [6.07, 6.45) is 1.90. The quantitative estimate of drug-likeness (QED) is 0.463. The van der Waals surface area contributed by atoms with Crippen molar-refractivity contribution in [2.24, 2.45) is 0 Å². The summed E-state index contributed by atoms with van der Waals surface area (Å²) >= 11 is 0. The first-order valence-corrected chi connectivity index (χ1v) is 11.3. The number of amides is 1. The van der Waals surface area contributed by atoms with Gasteiger partial charge < -0.3 is 14.4 Å². The Balaban J connectivity index is 1.49. The van der Waals surface area contributed by atoms with Crippen molar-refractivity contribution in [1.82, 2.24) is 14.5 Å². The normalized spacial score (nSPS) is 14.2. The molecule has 0 bridgehead atoms. The van der Waals surface area contributed by atoms with E-state index in [1.54, 1.807) is 0 Å². The fraction of sp³-hybridized carbons (Fsp3) is 0.259. The largest absolute Gasteiger partial charge is 0.353 e. The lowest BCUT2D eigenvalue weighted by atomic mass is 10.0. The molecule has 2 aromatic heterocycles. The van der Waals surface area contributed by atoms with E-state index in [1.807, 2.05) is 48.4 Å². The number of rotatable bonds is 4. The molecule has 0 atom stereocenters. The predicted octanol–water partition coefficient (Wildman–Crippen LogP) is 4.99. The Bertz CT molecular complexity index is 1240. The summed E-state index contributed by atoms with van der Waals surface area (Å²) in [6, 6.07) is 22.7. The van der Waals surface area contributed by atoms with Crippen LogP contribution in [-0.2, 0) is 6.54 Å². The van der Waals surface area contributed by atoms with Crippen molar-refractivity contribution >= 4 is 22.6 Å². The van der Waals surface area contributed by atoms with Gasteiger partial charge in [-0.1, -0.05) is 54.6 Å². The van der Waals surface area contributed by atoms with Crippen LogP contribution >= 0.6 is 0 Å². The molecule has 162 valence electrons. The third-order valence-corrected chi connectivity index (χ3v) is 6.33. The van der Waals surface area contributed by atoms with Gasteiger partial charge in [0, 0.05) is 49.8 Å². The second kappa shape index (κ2) is 8.50. The highest BCUT2D eigenvalue weighted by Crippen LogP contribution is 2.35. The van der Waals surface area contributed by atoms with Crippen LogP contribution in [0.15, 0.2) is 72.9 Å². The standard InChI is InChI=1S/C27H28N4O/c1-3-31-23-12-8-7-11-22(23)25(26(31)21-9-5-4-6-10-21)27(32)30-17-15-29(16-18-30)24-14-13-20(2)19-28-24/h4-14,19H,3,15-18H2,1-2H3. The molecule has 0 N–H and O–H groups in total. The van der Waals surface area contributed by atoms with Gasteiger partial charge in [-0.15, -0.1) is 0 Å². The molecule has 1 amide bonds. The molecule has 0 saturated carbocycles. The van der Waals surface area contributed by atoms with Crippen LogP contribution in [0, 0.1) is 6.92 Å². The van der Waals surface area contributed by atoms with Gasteiger partial charge in [-0.25, -0.2) is 4.98 Å². The molecule has 0 unspecified atom stereocenters. The number of aryl methyl sites for hydroxylation is 2. The lowest BCUT2D eigenvalue weighted by Gasteiger charge is -2.35. The van der Waals surface area contributed by atoms with E-state index in [9.17, 15) is 4.79 Å². The number of piperazine rings is 1. The minimum absolute atomic E-state index is 0.115. The molecular formula is C27H28N4O. The van der Waals surface area contributed by atoms with Crippen molar-refractivity contribution in [3.8, 4) is 11.3 Å². The van der Waals surface area contributed by atoms with Crippen molar-refractivity contribution in [2.45, 2.75) is 20.4 Å². The van der Waals surface area contributed by atoms with E-state index in [0.717, 1.165) is 58.7 Å². The zero-order valence-corrected chi connectivity index (χ0v) is 18.7. The van der Waals surface area contributed by atoms with Gasteiger partial charge in [0.15, 0.2) is 0 Å². The molecule has 5 rings (SSSR count). The van der Waals surface area contributed by atoms with E-state index < -0.39 is 0 Å². The summed E-state index contributed by atoms with van der Waals surface area (Å²) < 4.78 is 2.27. The predicted molar refractivity (Wildman–Crippen MR) is 130 cm³/mol. The van der Waals surface area contributed by atoms with Crippen LogP contribution in [0.1, 0.15) is 22.8 Å². The Morgan fingerprint density at radius 2 is 1.62 bits per heavy atom. The zero-order chi connectivity index (χ0) is 22.1. The first kappa shape index (κ1) is 20.3. The Kier molecular flexibility index (Phi) is 5.39. The van der Waals surface area contributed by atoms with Gasteiger partial charge in [-0.3, -0.25) is 4.79 Å². The van der Waals surface area contributed by atoms with Crippen LogP contribution in [0.4, 0.5) is 5.82 Å². The van der Waals surface area contributed by atoms with Crippen LogP contribution in [0.3, 0.4) is 0 Å². The van der Waals surface area contributed by atoms with E-state index in [2.05, 4.69) is 57.8 Å². The number of benzene rings is 2. The monoisotopic (exact) mass is 424 g/mol. The molecular weight excluding hydrogens is 396 g/mol. The molecule has 4 aromatic rings. The van der Waals surface area contributed by atoms with Gasteiger partial charge >= 0.3 is 0 Å². The maximum Gasteiger partial charge on any atom is 0.256 e. The summed E-state index contributed by atoms with van der Waals surface area (Å²) in [5.74, 6) is 1.10. The summed E-state index contributed by atoms with van der Waals surface area (Å²) in [6.45, 7) is 7.95. The summed E-state index contributed by atoms with van der Waals surface area (Å²) in [4.78, 5) is 22.7. The second-order valence-corrected chi connectivity index (χ2v) is 8.32. The van der Waals surface area contributed by atoms with Crippen LogP contribution in [-0.4, -0.2) is 46.5 Å². The number of aromatic nitrogens is 2. The molecule has 1 fully saturated rings. The van der Waals surface area contributed by atoms with Crippen molar-refractivity contribution in [1.29, 1.82) is 0 Å². The Labute approximate surface area is 188 Å². The van der Waals surface area contributed by atoms with Crippen LogP contribution in [0.2, 0.25) is 0 Å². The summed E-state index contributed by atoms with van der Waals surface area (Å²) in [5.41, 5.74) is 5.18. The number of hydrogen-bond donors (Lipinski definition) is 0. The highest BCUT2D eigenvalue weighted by molar-refractivity contribution is 6.12. The lowest BCUT2D eigenvalue weighted by molar-refractivity contribution is 0.0749. The van der Waals surface area contributed by atoms with Gasteiger partial charge in [0.25, 0.3) is 5.91 Å². The topological polar surface area (TPSA) is 41.4 Å². The first-order valence-electron chi connectivity index (χ1n) is 11.3. The highest BCUT2D eigenvalue weighted by atomic mass is 16.2. The fourth-order valence-corrected chi connectivity index (χ4v) is 4.69. The van der Waals surface area contributed by atoms with Gasteiger partial charge in [-0.2, -0.15) is 0 Å². The van der Waals surface area contributed by atoms with Crippen LogP contribution in [0.5, 0.6) is 0 Å². The number of pyridine rings is 1. The second-order valence-electron chi connectivity index (χ2n) is 8.32. The fourth-order valence-electron chi connectivity index (χ4n) is 4.69. The molecule has 1 saturated heterocycles. The van der Waals surface area contributed by atoms with Crippen LogP contribution in [0.25, 0.3) is 22.2 Å². The van der Waals surface area contributed by atoms with Gasteiger partial charge in [0.1, 0.15) is 5.82 Å². The molecule has 3 heterocycles. The number of nitrogens with zero attached hydrogens (tertiary/aromatic N) is 4. The van der Waals surface area contributed by atoms with E-state index in [0.29, 0.717) is 13.1 Å². The molecule has 0 aliphatic carbocycles. The zero-order valence-electron chi connectivity index (χ0n) is 18.7. The molecule has 32 heavy (non-hydrogen) atoms. The van der Waals surface area contributed by atoms with Crippen molar-refractivity contribution < 1.29 is 4.79 Å². The first-order chi connectivity index (χ1) is 15.7. The van der Waals surface area contributed by atoms with Crippen molar-refractivity contribution in [2.75, 3.05) is 31.1 Å². The maximum atomic E-state index is 13.9. The summed E-state index contributed by atoms with van der Waals surface area (Å²) in [7, 11) is 0. The molecule has 1 aliphatic rings. The average molecular weight is 425 g/mol. The molecule has 5 nitrogen and oxygen atoms in total. The maximum absolute atomic E-state index is 13.9. The minimum Gasteiger partial charge on any atom is -0.353 e. The van der Waals surface area contributed by atoms with E-state index in [-0.39, 0.29) is 5.91 Å². The van der Waals surface area contributed by atoms with Crippen LogP contribution < -0.4 is 4.90 Å². The Hall–Kier alpha value is -3.60. The number of carbonyl (C=O) groups is 1. The average Bonchev–Trinajstić information content (AvgIpc) is 3.19. The van der Waals surface area contributed by atoms with E-state index in [4.69, 9.17) is 0 Å². The number of fused-ring (bicyclic) bond motifs is 1. The van der Waals surface area contributed by atoms with Gasteiger partial charge in [0.05, 0.1) is 11.3 Å². The third-order valence-electron chi connectivity index (χ3n) is 6.33. The number of hydrogen-bond acceptors (Lipinski definition) is 3. The van der Waals surface area contributed by atoms with Gasteiger partial charge in [-0.05, 0) is 37.1 Å². The molecule has 2 aromatic carbocycles. The number of para-hydroxylation sites is 1. The number of carbonyl (C=O) groups excluding carboxylic acids is 1. The van der Waals surface area contributed by atoms with Crippen molar-refractivity contribution in [3.05, 3.63) is 84.1 Å². The van der Waals surface area contributed by atoms with E-state index in [1.165, 1.54) is 0 Å². The lowest BCUT2D eigenvalue weighted by Crippen LogP contribution is -2.49. The molecule has 5 heteroatoms. The Morgan fingerprint density at radius 1 is 0.906 bits per heavy atom. The van der Waals surface area contributed by atoms with Crippen molar-refractivity contribution in [3.63, 3.8) is 0 Å². The summed E-state index contributed by atoms with van der Waals surface area (Å²) in [5, 5.41) is 1.03.